The number of nitrogens with two attached hydrogens (primary N) is 1. The van der Waals surface area contributed by atoms with Crippen LogP contribution in [-0.4, -0.2) is 34.7 Å². The Kier molecular flexibility index (Phi) is 7.02. The molecule has 2 aromatic heterocycles. The highest BCUT2D eigenvalue weighted by Gasteiger charge is 2.23. The minimum Gasteiger partial charge on any atom is -0.489 e. The molecule has 1 aliphatic heterocycles. The Morgan fingerprint density at radius 1 is 1.26 bits per heavy atom. The second kappa shape index (κ2) is 10.2. The van der Waals surface area contributed by atoms with Crippen LogP contribution in [0.15, 0.2) is 53.3 Å². The van der Waals surface area contributed by atoms with E-state index in [1.165, 1.54) is 11.3 Å². The van der Waals surface area contributed by atoms with Crippen LogP contribution in [0, 0.1) is 0 Å². The predicted octanol–water partition coefficient (Wildman–Crippen LogP) is 5.87. The number of aromatic nitrogens is 2. The lowest BCUT2D eigenvalue weighted by Gasteiger charge is -2.24. The summed E-state index contributed by atoms with van der Waals surface area (Å²) in [6.07, 6.45) is 3.43. The molecule has 2 aromatic carbocycles. The number of carbonyl (C=O) groups excluding carboxylic acids is 1. The zero-order valence-electron chi connectivity index (χ0n) is 19.0. The molecular formula is C25H24BrClN4O3S. The molecule has 0 spiro atoms. The monoisotopic (exact) mass is 574 g/mol. The summed E-state index contributed by atoms with van der Waals surface area (Å²) in [6.45, 7) is 3.78. The Balaban J connectivity index is 1.50. The largest absolute Gasteiger partial charge is 0.489 e. The number of ether oxygens (including phenoxy) is 2. The van der Waals surface area contributed by atoms with Gasteiger partial charge in [-0.05, 0) is 67.0 Å². The number of nitrogens with one attached hydrogen (secondary N) is 1. The van der Waals surface area contributed by atoms with Gasteiger partial charge in [-0.1, -0.05) is 29.8 Å². The second-order valence-corrected chi connectivity index (χ2v) is 10.6. The number of benzene rings is 2. The quantitative estimate of drug-likeness (QED) is 0.287. The van der Waals surface area contributed by atoms with Crippen molar-refractivity contribution in [3.63, 3.8) is 0 Å². The van der Waals surface area contributed by atoms with Crippen LogP contribution in [0.4, 0.5) is 0 Å². The van der Waals surface area contributed by atoms with Crippen LogP contribution in [0.25, 0.3) is 16.0 Å². The summed E-state index contributed by atoms with van der Waals surface area (Å²) in [7, 11) is 0. The van der Waals surface area contributed by atoms with Gasteiger partial charge in [0.1, 0.15) is 39.9 Å². The van der Waals surface area contributed by atoms with Gasteiger partial charge in [0.05, 0.1) is 15.5 Å². The molecule has 35 heavy (non-hydrogen) atoms. The van der Waals surface area contributed by atoms with Crippen molar-refractivity contribution in [2.75, 3.05) is 13.1 Å². The number of thiophene rings is 1. The smallest absolute Gasteiger partial charge is 0.262 e. The fraction of sp³-hybridized carbons (Fsp3) is 0.280. The number of hydrogen-bond acceptors (Lipinski definition) is 6. The highest BCUT2D eigenvalue weighted by molar-refractivity contribution is 9.10. The van der Waals surface area contributed by atoms with Crippen molar-refractivity contribution in [2.45, 2.75) is 32.0 Å². The van der Waals surface area contributed by atoms with Gasteiger partial charge in [-0.2, -0.15) is 0 Å². The fourth-order valence-corrected chi connectivity index (χ4v) is 6.03. The predicted molar refractivity (Wildman–Crippen MR) is 142 cm³/mol. The molecule has 0 aliphatic carbocycles. The third kappa shape index (κ3) is 4.91. The number of halogens is 2. The van der Waals surface area contributed by atoms with Crippen molar-refractivity contribution in [3.05, 3.63) is 68.7 Å². The van der Waals surface area contributed by atoms with Gasteiger partial charge >= 0.3 is 0 Å². The lowest BCUT2D eigenvalue weighted by molar-refractivity contribution is 0.0998. The SMILES string of the molecule is C[C@@H](Oc1cc(-n2cnc3ccc(OC4CCNCC4)c(Br)c32)sc1C(N)=O)c1ccccc1Cl. The zero-order chi connectivity index (χ0) is 24.5. The lowest BCUT2D eigenvalue weighted by atomic mass is 10.1. The summed E-state index contributed by atoms with van der Waals surface area (Å²) >= 11 is 11.3. The van der Waals surface area contributed by atoms with Crippen LogP contribution in [0.2, 0.25) is 5.02 Å². The number of nitrogens with zero attached hydrogens (tertiary/aromatic N) is 2. The first-order valence-corrected chi connectivity index (χ1v) is 13.3. The first-order valence-electron chi connectivity index (χ1n) is 11.3. The molecule has 1 aliphatic rings. The summed E-state index contributed by atoms with van der Waals surface area (Å²) in [4.78, 5) is 17.1. The minimum atomic E-state index is -0.555. The van der Waals surface area contributed by atoms with E-state index in [0.717, 1.165) is 57.8 Å². The fourth-order valence-electron chi connectivity index (χ4n) is 4.20. The number of primary amides is 1. The number of piperidine rings is 1. The number of fused-ring (bicyclic) bond motifs is 1. The lowest BCUT2D eigenvalue weighted by Crippen LogP contribution is -2.34. The summed E-state index contributed by atoms with van der Waals surface area (Å²) in [5, 5.41) is 4.70. The van der Waals surface area contributed by atoms with E-state index in [1.54, 1.807) is 6.33 Å². The molecule has 7 nitrogen and oxygen atoms in total. The zero-order valence-corrected chi connectivity index (χ0v) is 22.1. The van der Waals surface area contributed by atoms with Crippen molar-refractivity contribution in [2.24, 2.45) is 5.73 Å². The Bertz CT molecular complexity index is 1380. The van der Waals surface area contributed by atoms with E-state index in [0.29, 0.717) is 15.6 Å². The van der Waals surface area contributed by atoms with Crippen LogP contribution in [0.1, 0.15) is 41.1 Å². The van der Waals surface area contributed by atoms with E-state index in [-0.39, 0.29) is 12.2 Å². The third-order valence-corrected chi connectivity index (χ3v) is 8.23. The molecule has 0 bridgehead atoms. The molecule has 3 N–H and O–H groups in total. The summed E-state index contributed by atoms with van der Waals surface area (Å²) in [6, 6.07) is 13.2. The maximum absolute atomic E-state index is 12.3. The van der Waals surface area contributed by atoms with Gasteiger partial charge in [-0.3, -0.25) is 9.36 Å². The molecule has 3 heterocycles. The third-order valence-electron chi connectivity index (χ3n) is 5.99. The summed E-state index contributed by atoms with van der Waals surface area (Å²) in [5.74, 6) is 0.618. The van der Waals surface area contributed by atoms with Crippen molar-refractivity contribution in [1.29, 1.82) is 0 Å². The van der Waals surface area contributed by atoms with E-state index in [2.05, 4.69) is 26.2 Å². The van der Waals surface area contributed by atoms with E-state index in [9.17, 15) is 4.79 Å². The van der Waals surface area contributed by atoms with Gasteiger partial charge in [-0.25, -0.2) is 4.98 Å². The second-order valence-electron chi connectivity index (χ2n) is 8.35. The van der Waals surface area contributed by atoms with Crippen molar-refractivity contribution in [3.8, 4) is 16.5 Å². The maximum Gasteiger partial charge on any atom is 0.262 e. The Labute approximate surface area is 220 Å². The standard InChI is InChI=1S/C25H24BrClN4O3S/c1-14(16-4-2-3-5-17(16)27)33-20-12-21(35-24(20)25(28)32)31-13-30-18-6-7-19(22(26)23(18)31)34-15-8-10-29-11-9-15/h2-7,12-15,29H,8-11H2,1H3,(H2,28,32)/t14-/m1/s1. The van der Waals surface area contributed by atoms with Gasteiger partial charge in [-0.15, -0.1) is 11.3 Å². The molecule has 4 aromatic rings. The van der Waals surface area contributed by atoms with Crippen molar-refractivity contribution >= 4 is 55.8 Å². The van der Waals surface area contributed by atoms with E-state index in [4.69, 9.17) is 26.8 Å². The Morgan fingerprint density at radius 2 is 2.03 bits per heavy atom. The molecule has 0 radical (unpaired) electrons. The Morgan fingerprint density at radius 3 is 2.77 bits per heavy atom. The number of hydrogen-bond donors (Lipinski definition) is 2. The van der Waals surface area contributed by atoms with E-state index >= 15 is 0 Å². The maximum atomic E-state index is 12.3. The number of rotatable bonds is 7. The van der Waals surface area contributed by atoms with Gasteiger partial charge in [0.15, 0.2) is 0 Å². The summed E-state index contributed by atoms with van der Waals surface area (Å²) < 4.78 is 15.2. The topological polar surface area (TPSA) is 91.4 Å². The number of imidazole rings is 1. The average molecular weight is 576 g/mol. The summed E-state index contributed by atoms with van der Waals surface area (Å²) in [5.41, 5.74) is 8.18. The van der Waals surface area contributed by atoms with Gasteiger partial charge < -0.3 is 20.5 Å². The Hall–Kier alpha value is -2.59. The highest BCUT2D eigenvalue weighted by Crippen LogP contribution is 2.40. The molecule has 10 heteroatoms. The average Bonchev–Trinajstić information content (AvgIpc) is 3.46. The normalized spacial score (nSPS) is 15.3. The van der Waals surface area contributed by atoms with Gasteiger partial charge in [0, 0.05) is 16.7 Å². The van der Waals surface area contributed by atoms with Crippen molar-refractivity contribution in [1.82, 2.24) is 14.9 Å². The number of amides is 1. The molecule has 0 unspecified atom stereocenters. The van der Waals surface area contributed by atoms with Crippen LogP contribution in [-0.2, 0) is 0 Å². The van der Waals surface area contributed by atoms with Crippen LogP contribution in [0.3, 0.4) is 0 Å². The van der Waals surface area contributed by atoms with E-state index in [1.807, 2.05) is 54.0 Å². The molecule has 1 atom stereocenters. The van der Waals surface area contributed by atoms with E-state index < -0.39 is 5.91 Å². The van der Waals surface area contributed by atoms with Crippen LogP contribution < -0.4 is 20.5 Å². The molecule has 0 saturated carbocycles. The highest BCUT2D eigenvalue weighted by atomic mass is 79.9. The molecular weight excluding hydrogens is 552 g/mol. The molecule has 1 amide bonds. The molecule has 1 fully saturated rings. The van der Waals surface area contributed by atoms with Crippen LogP contribution in [0.5, 0.6) is 11.5 Å². The van der Waals surface area contributed by atoms with Gasteiger partial charge in [0.25, 0.3) is 5.91 Å². The van der Waals surface area contributed by atoms with Crippen molar-refractivity contribution < 1.29 is 14.3 Å². The molecule has 182 valence electrons. The first kappa shape index (κ1) is 24.1. The first-order chi connectivity index (χ1) is 16.9. The number of carbonyl (C=O) groups is 1. The van der Waals surface area contributed by atoms with Gasteiger partial charge in [0.2, 0.25) is 0 Å². The van der Waals surface area contributed by atoms with Crippen LogP contribution >= 0.6 is 38.9 Å². The molecule has 1 saturated heterocycles. The minimum absolute atomic E-state index is 0.163. The molecule has 5 rings (SSSR count).